The lowest BCUT2D eigenvalue weighted by Crippen LogP contribution is -2.35. The van der Waals surface area contributed by atoms with Crippen molar-refractivity contribution in [2.24, 2.45) is 0 Å². The molecule has 0 aromatic heterocycles. The van der Waals surface area contributed by atoms with Gasteiger partial charge in [-0.3, -0.25) is 4.79 Å². The lowest BCUT2D eigenvalue weighted by atomic mass is 10.1. The van der Waals surface area contributed by atoms with Crippen LogP contribution in [-0.4, -0.2) is 38.3 Å². The predicted molar refractivity (Wildman–Crippen MR) is 114 cm³/mol. The number of hydrogen-bond acceptors (Lipinski definition) is 3. The quantitative estimate of drug-likeness (QED) is 0.647. The standard InChI is InChI=1S/C20H20BrClN2O3S/c21-15-4-6-18(22)17(13-15)20(25)24-11-8-14-12-16(5-7-19(14)24)28(26,27)23-9-2-1-3-10-23/h4-7,12-13H,1-3,8-11H2. The Labute approximate surface area is 178 Å². The Morgan fingerprint density at radius 3 is 2.50 bits per heavy atom. The van der Waals surface area contributed by atoms with E-state index in [-0.39, 0.29) is 5.91 Å². The van der Waals surface area contributed by atoms with Crippen molar-refractivity contribution in [1.82, 2.24) is 4.31 Å². The van der Waals surface area contributed by atoms with Crippen molar-refractivity contribution in [3.05, 3.63) is 57.0 Å². The summed E-state index contributed by atoms with van der Waals surface area (Å²) in [5, 5.41) is 0.394. The fourth-order valence-electron chi connectivity index (χ4n) is 3.81. The highest BCUT2D eigenvalue weighted by Gasteiger charge is 2.31. The minimum absolute atomic E-state index is 0.184. The normalized spacial score (nSPS) is 17.6. The number of hydrogen-bond donors (Lipinski definition) is 0. The van der Waals surface area contributed by atoms with Gasteiger partial charge in [-0.05, 0) is 61.2 Å². The molecule has 0 radical (unpaired) electrons. The first-order valence-corrected chi connectivity index (χ1v) is 11.9. The third-order valence-corrected chi connectivity index (χ3v) is 8.02. The highest BCUT2D eigenvalue weighted by atomic mass is 79.9. The highest BCUT2D eigenvalue weighted by Crippen LogP contribution is 2.34. The Bertz CT molecular complexity index is 1040. The number of sulfonamides is 1. The number of carbonyl (C=O) groups excluding carboxylic acids is 1. The monoisotopic (exact) mass is 482 g/mol. The van der Waals surface area contributed by atoms with Gasteiger partial charge in [-0.25, -0.2) is 8.42 Å². The van der Waals surface area contributed by atoms with E-state index in [0.29, 0.717) is 41.5 Å². The van der Waals surface area contributed by atoms with Crippen LogP contribution in [0.1, 0.15) is 35.2 Å². The third kappa shape index (κ3) is 3.61. The Morgan fingerprint density at radius 2 is 1.75 bits per heavy atom. The molecule has 2 aromatic carbocycles. The molecule has 5 nitrogen and oxygen atoms in total. The first-order valence-electron chi connectivity index (χ1n) is 9.28. The Morgan fingerprint density at radius 1 is 1.00 bits per heavy atom. The van der Waals surface area contributed by atoms with Gasteiger partial charge in [0.1, 0.15) is 0 Å². The molecule has 2 heterocycles. The number of carbonyl (C=O) groups is 1. The van der Waals surface area contributed by atoms with E-state index >= 15 is 0 Å². The number of rotatable bonds is 3. The van der Waals surface area contributed by atoms with E-state index < -0.39 is 10.0 Å². The van der Waals surface area contributed by atoms with Crippen LogP contribution in [0.15, 0.2) is 45.8 Å². The number of anilines is 1. The third-order valence-electron chi connectivity index (χ3n) is 5.30. The van der Waals surface area contributed by atoms with Gasteiger partial charge in [0, 0.05) is 29.8 Å². The van der Waals surface area contributed by atoms with Crippen molar-refractivity contribution in [1.29, 1.82) is 0 Å². The molecule has 0 atom stereocenters. The number of nitrogens with zero attached hydrogens (tertiary/aromatic N) is 2. The molecule has 2 aliphatic heterocycles. The first kappa shape index (κ1) is 19.9. The Balaban J connectivity index is 1.63. The van der Waals surface area contributed by atoms with Gasteiger partial charge in [0.2, 0.25) is 10.0 Å². The summed E-state index contributed by atoms with van der Waals surface area (Å²) in [5.41, 5.74) is 2.05. The van der Waals surface area contributed by atoms with E-state index in [1.807, 2.05) is 0 Å². The summed E-state index contributed by atoms with van der Waals surface area (Å²) in [6.07, 6.45) is 3.50. The molecule has 0 unspecified atom stereocenters. The second-order valence-corrected chi connectivity index (χ2v) is 10.3. The maximum atomic E-state index is 13.0. The zero-order valence-corrected chi connectivity index (χ0v) is 18.4. The van der Waals surface area contributed by atoms with Gasteiger partial charge in [0.05, 0.1) is 15.5 Å². The molecular weight excluding hydrogens is 464 g/mol. The van der Waals surface area contributed by atoms with E-state index in [1.54, 1.807) is 45.6 Å². The summed E-state index contributed by atoms with van der Waals surface area (Å²) in [7, 11) is -3.48. The number of benzene rings is 2. The summed E-state index contributed by atoms with van der Waals surface area (Å²) >= 11 is 9.59. The molecule has 1 amide bonds. The smallest absolute Gasteiger partial charge is 0.259 e. The molecule has 1 saturated heterocycles. The van der Waals surface area contributed by atoms with Crippen LogP contribution < -0.4 is 4.90 Å². The molecule has 2 aromatic rings. The summed E-state index contributed by atoms with van der Waals surface area (Å²) in [6.45, 7) is 1.65. The summed E-state index contributed by atoms with van der Waals surface area (Å²) in [6, 6.07) is 10.2. The van der Waals surface area contributed by atoms with Crippen molar-refractivity contribution in [3.63, 3.8) is 0 Å². The van der Waals surface area contributed by atoms with Crippen LogP contribution in [0.5, 0.6) is 0 Å². The summed E-state index contributed by atoms with van der Waals surface area (Å²) in [4.78, 5) is 15.0. The van der Waals surface area contributed by atoms with Gasteiger partial charge in [-0.15, -0.1) is 0 Å². The molecule has 0 aliphatic carbocycles. The lowest BCUT2D eigenvalue weighted by molar-refractivity contribution is 0.0989. The highest BCUT2D eigenvalue weighted by molar-refractivity contribution is 9.10. The minimum atomic E-state index is -3.48. The summed E-state index contributed by atoms with van der Waals surface area (Å²) in [5.74, 6) is -0.184. The van der Waals surface area contributed by atoms with Crippen molar-refractivity contribution < 1.29 is 13.2 Å². The predicted octanol–water partition coefficient (Wildman–Crippen LogP) is 4.48. The van der Waals surface area contributed by atoms with Crippen LogP contribution in [0.25, 0.3) is 0 Å². The fraction of sp³-hybridized carbons (Fsp3) is 0.350. The average molecular weight is 484 g/mol. The topological polar surface area (TPSA) is 57.7 Å². The molecule has 0 bridgehead atoms. The first-order chi connectivity index (χ1) is 13.4. The van der Waals surface area contributed by atoms with Crippen LogP contribution in [0.4, 0.5) is 5.69 Å². The van der Waals surface area contributed by atoms with E-state index in [4.69, 9.17) is 11.6 Å². The average Bonchev–Trinajstić information content (AvgIpc) is 3.13. The van der Waals surface area contributed by atoms with Crippen molar-refractivity contribution in [2.75, 3.05) is 24.5 Å². The van der Waals surface area contributed by atoms with Crippen LogP contribution in [-0.2, 0) is 16.4 Å². The molecule has 28 heavy (non-hydrogen) atoms. The van der Waals surface area contributed by atoms with Crippen LogP contribution in [0, 0.1) is 0 Å². The van der Waals surface area contributed by atoms with Crippen molar-refractivity contribution >= 4 is 49.1 Å². The number of amides is 1. The van der Waals surface area contributed by atoms with Gasteiger partial charge in [0.15, 0.2) is 0 Å². The molecule has 0 saturated carbocycles. The van der Waals surface area contributed by atoms with E-state index in [0.717, 1.165) is 35.0 Å². The Hall–Kier alpha value is -1.41. The fourth-order valence-corrected chi connectivity index (χ4v) is 5.94. The maximum absolute atomic E-state index is 13.0. The zero-order valence-electron chi connectivity index (χ0n) is 15.2. The Kier molecular flexibility index (Phi) is 5.53. The molecule has 2 aliphatic rings. The van der Waals surface area contributed by atoms with Gasteiger partial charge < -0.3 is 4.90 Å². The second-order valence-electron chi connectivity index (χ2n) is 7.09. The van der Waals surface area contributed by atoms with Gasteiger partial charge in [-0.2, -0.15) is 4.31 Å². The van der Waals surface area contributed by atoms with Crippen molar-refractivity contribution in [2.45, 2.75) is 30.6 Å². The van der Waals surface area contributed by atoms with Crippen LogP contribution in [0.2, 0.25) is 5.02 Å². The van der Waals surface area contributed by atoms with Crippen molar-refractivity contribution in [3.8, 4) is 0 Å². The maximum Gasteiger partial charge on any atom is 0.259 e. The molecule has 4 rings (SSSR count). The molecular formula is C20H20BrClN2O3S. The van der Waals surface area contributed by atoms with Gasteiger partial charge in [0.25, 0.3) is 5.91 Å². The number of halogens is 2. The van der Waals surface area contributed by atoms with Gasteiger partial charge >= 0.3 is 0 Å². The minimum Gasteiger partial charge on any atom is -0.308 e. The van der Waals surface area contributed by atoms with E-state index in [9.17, 15) is 13.2 Å². The molecule has 0 N–H and O–H groups in total. The molecule has 8 heteroatoms. The van der Waals surface area contributed by atoms with Crippen LogP contribution in [0.3, 0.4) is 0 Å². The number of fused-ring (bicyclic) bond motifs is 1. The van der Waals surface area contributed by atoms with Gasteiger partial charge in [-0.1, -0.05) is 34.0 Å². The van der Waals surface area contributed by atoms with Crippen LogP contribution >= 0.6 is 27.5 Å². The molecule has 0 spiro atoms. The zero-order chi connectivity index (χ0) is 19.9. The second kappa shape index (κ2) is 7.78. The molecule has 1 fully saturated rings. The lowest BCUT2D eigenvalue weighted by Gasteiger charge is -2.26. The number of piperidine rings is 1. The summed E-state index contributed by atoms with van der Waals surface area (Å²) < 4.78 is 28.2. The molecule has 148 valence electrons. The van der Waals surface area contributed by atoms with E-state index in [2.05, 4.69) is 15.9 Å². The largest absolute Gasteiger partial charge is 0.308 e. The SMILES string of the molecule is O=C(c1cc(Br)ccc1Cl)N1CCc2cc(S(=O)(=O)N3CCCCC3)ccc21. The van der Waals surface area contributed by atoms with E-state index in [1.165, 1.54) is 0 Å².